The number of benzene rings is 1. The van der Waals surface area contributed by atoms with Crippen LogP contribution < -0.4 is 5.32 Å². The van der Waals surface area contributed by atoms with E-state index in [1.165, 1.54) is 12.1 Å². The lowest BCUT2D eigenvalue weighted by Gasteiger charge is -2.32. The number of nitrogens with zero attached hydrogens (tertiary/aromatic N) is 1. The van der Waals surface area contributed by atoms with Crippen LogP contribution in [0.3, 0.4) is 0 Å². The van der Waals surface area contributed by atoms with Crippen molar-refractivity contribution in [3.63, 3.8) is 0 Å². The summed E-state index contributed by atoms with van der Waals surface area (Å²) in [5.74, 6) is 0.649. The summed E-state index contributed by atoms with van der Waals surface area (Å²) < 4.78 is 44.0. The van der Waals surface area contributed by atoms with Crippen molar-refractivity contribution in [2.75, 3.05) is 32.8 Å². The van der Waals surface area contributed by atoms with E-state index in [1.54, 1.807) is 6.07 Å². The minimum Gasteiger partial charge on any atom is -0.372 e. The maximum atomic E-state index is 13.0. The summed E-state index contributed by atoms with van der Waals surface area (Å²) in [6.07, 6.45) is 3.96. The van der Waals surface area contributed by atoms with Gasteiger partial charge in [-0.05, 0) is 81.2 Å². The number of ether oxygens (including phenoxy) is 1. The molecule has 31 heavy (non-hydrogen) atoms. The van der Waals surface area contributed by atoms with E-state index in [4.69, 9.17) is 4.74 Å². The van der Waals surface area contributed by atoms with Gasteiger partial charge in [-0.3, -0.25) is 9.69 Å². The number of rotatable bonds is 8. The van der Waals surface area contributed by atoms with Crippen molar-refractivity contribution < 1.29 is 22.7 Å². The first-order valence-electron chi connectivity index (χ1n) is 11.3. The molecule has 1 aromatic rings. The number of nitrogens with one attached hydrogen (secondary N) is 1. The van der Waals surface area contributed by atoms with Crippen molar-refractivity contribution in [3.05, 3.63) is 41.5 Å². The van der Waals surface area contributed by atoms with Crippen LogP contribution in [0.5, 0.6) is 0 Å². The van der Waals surface area contributed by atoms with Crippen molar-refractivity contribution in [1.29, 1.82) is 0 Å². The first-order chi connectivity index (χ1) is 14.8. The molecular weight excluding hydrogens is 405 g/mol. The first kappa shape index (κ1) is 23.8. The van der Waals surface area contributed by atoms with Gasteiger partial charge in [0.05, 0.1) is 5.56 Å². The number of carbonyl (C=O) groups is 1. The minimum atomic E-state index is -4.30. The number of halogens is 3. The summed E-state index contributed by atoms with van der Waals surface area (Å²) in [5.41, 5.74) is 1.10. The van der Waals surface area contributed by atoms with E-state index in [0.717, 1.165) is 69.8 Å². The van der Waals surface area contributed by atoms with Gasteiger partial charge in [0.25, 0.3) is 0 Å². The van der Waals surface area contributed by atoms with Gasteiger partial charge < -0.3 is 10.1 Å². The van der Waals surface area contributed by atoms with Gasteiger partial charge in [-0.25, -0.2) is 0 Å². The van der Waals surface area contributed by atoms with E-state index < -0.39 is 11.7 Å². The average molecular weight is 439 g/mol. The number of hydrogen-bond acceptors (Lipinski definition) is 3. The molecule has 0 atom stereocenters. The second kappa shape index (κ2) is 11.1. The molecule has 0 bridgehead atoms. The molecule has 0 spiro atoms. The topological polar surface area (TPSA) is 41.6 Å². The number of alkyl halides is 3. The molecule has 1 aromatic carbocycles. The Morgan fingerprint density at radius 2 is 2.00 bits per heavy atom. The molecule has 1 aliphatic heterocycles. The molecule has 4 nitrogen and oxygen atoms in total. The zero-order valence-electron chi connectivity index (χ0n) is 18.2. The molecule has 1 N–H and O–H groups in total. The van der Waals surface area contributed by atoms with Crippen LogP contribution in [0, 0.1) is 5.92 Å². The molecular formula is C24H33F3N2O2. The molecule has 1 heterocycles. The van der Waals surface area contributed by atoms with Gasteiger partial charge in [-0.15, -0.1) is 0 Å². The Balaban J connectivity index is 1.39. The predicted octanol–water partition coefficient (Wildman–Crippen LogP) is 4.90. The molecule has 0 radical (unpaired) electrons. The van der Waals surface area contributed by atoms with Gasteiger partial charge in [-0.2, -0.15) is 13.2 Å². The lowest BCUT2D eigenvalue weighted by molar-refractivity contribution is -0.137. The average Bonchev–Trinajstić information content (AvgIpc) is 2.77. The minimum absolute atomic E-state index is 0.0259. The monoisotopic (exact) mass is 438 g/mol. The van der Waals surface area contributed by atoms with E-state index in [-0.39, 0.29) is 18.6 Å². The van der Waals surface area contributed by atoms with Crippen LogP contribution in [0.15, 0.2) is 30.3 Å². The lowest BCUT2D eigenvalue weighted by atomic mass is 9.84. The Labute approximate surface area is 182 Å². The third-order valence-electron chi connectivity index (χ3n) is 6.36. The van der Waals surface area contributed by atoms with Crippen LogP contribution in [-0.2, 0) is 15.7 Å². The SMILES string of the molecule is CCOCC(=O)NC1CCC(CCN2CC=C(c3cccc(C(F)(F)F)c3)CC2)CC1. The fourth-order valence-corrected chi connectivity index (χ4v) is 4.50. The van der Waals surface area contributed by atoms with Gasteiger partial charge in [0.1, 0.15) is 6.61 Å². The van der Waals surface area contributed by atoms with Gasteiger partial charge in [-0.1, -0.05) is 18.2 Å². The van der Waals surface area contributed by atoms with Gasteiger partial charge >= 0.3 is 6.18 Å². The molecule has 3 rings (SSSR count). The van der Waals surface area contributed by atoms with E-state index in [2.05, 4.69) is 16.3 Å². The number of carbonyl (C=O) groups excluding carboxylic acids is 1. The lowest BCUT2D eigenvalue weighted by Crippen LogP contribution is -2.40. The zero-order valence-corrected chi connectivity index (χ0v) is 18.2. The largest absolute Gasteiger partial charge is 0.416 e. The van der Waals surface area contributed by atoms with E-state index >= 15 is 0 Å². The van der Waals surface area contributed by atoms with Gasteiger partial charge in [0.15, 0.2) is 0 Å². The van der Waals surface area contributed by atoms with Gasteiger partial charge in [0.2, 0.25) is 5.91 Å². The smallest absolute Gasteiger partial charge is 0.372 e. The van der Waals surface area contributed by atoms with Crippen molar-refractivity contribution in [2.24, 2.45) is 5.92 Å². The quantitative estimate of drug-likeness (QED) is 0.628. The number of hydrogen-bond donors (Lipinski definition) is 1. The Bertz CT molecular complexity index is 755. The highest BCUT2D eigenvalue weighted by molar-refractivity contribution is 5.77. The zero-order chi connectivity index (χ0) is 22.3. The normalized spacial score (nSPS) is 22.8. The maximum Gasteiger partial charge on any atom is 0.416 e. The molecule has 1 amide bonds. The Kier molecular flexibility index (Phi) is 8.55. The summed E-state index contributed by atoms with van der Waals surface area (Å²) in [4.78, 5) is 14.2. The molecule has 1 aliphatic carbocycles. The Morgan fingerprint density at radius 3 is 2.65 bits per heavy atom. The molecule has 1 fully saturated rings. The summed E-state index contributed by atoms with van der Waals surface area (Å²) in [5, 5.41) is 3.06. The summed E-state index contributed by atoms with van der Waals surface area (Å²) in [6.45, 7) is 5.25. The molecule has 2 aliphatic rings. The second-order valence-electron chi connectivity index (χ2n) is 8.57. The summed E-state index contributed by atoms with van der Waals surface area (Å²) in [7, 11) is 0. The highest BCUT2D eigenvalue weighted by Gasteiger charge is 2.30. The second-order valence-corrected chi connectivity index (χ2v) is 8.57. The highest BCUT2D eigenvalue weighted by Crippen LogP contribution is 2.32. The molecule has 172 valence electrons. The van der Waals surface area contributed by atoms with Crippen LogP contribution >= 0.6 is 0 Å². The molecule has 1 saturated carbocycles. The van der Waals surface area contributed by atoms with E-state index in [1.807, 2.05) is 6.92 Å². The third kappa shape index (κ3) is 7.35. The standard InChI is InChI=1S/C24H33F3N2O2/c1-2-31-17-23(30)28-22-8-6-18(7-9-22)10-13-29-14-11-19(12-15-29)20-4-3-5-21(16-20)24(25,26)27/h3-5,11,16,18,22H,2,6-10,12-15,17H2,1H3,(H,28,30). The predicted molar refractivity (Wildman–Crippen MR) is 115 cm³/mol. The molecule has 0 aromatic heterocycles. The Morgan fingerprint density at radius 1 is 1.23 bits per heavy atom. The number of amides is 1. The van der Waals surface area contributed by atoms with E-state index in [9.17, 15) is 18.0 Å². The third-order valence-corrected chi connectivity index (χ3v) is 6.36. The van der Waals surface area contributed by atoms with Crippen molar-refractivity contribution in [2.45, 2.75) is 57.7 Å². The molecule has 0 saturated heterocycles. The van der Waals surface area contributed by atoms with Crippen LogP contribution in [0.1, 0.15) is 56.6 Å². The highest BCUT2D eigenvalue weighted by atomic mass is 19.4. The van der Waals surface area contributed by atoms with Crippen molar-refractivity contribution in [1.82, 2.24) is 10.2 Å². The van der Waals surface area contributed by atoms with E-state index in [0.29, 0.717) is 18.1 Å². The fourth-order valence-electron chi connectivity index (χ4n) is 4.50. The van der Waals surface area contributed by atoms with Crippen molar-refractivity contribution >= 4 is 11.5 Å². The summed E-state index contributed by atoms with van der Waals surface area (Å²) >= 11 is 0. The van der Waals surface area contributed by atoms with Gasteiger partial charge in [0, 0.05) is 25.7 Å². The van der Waals surface area contributed by atoms with Crippen molar-refractivity contribution in [3.8, 4) is 0 Å². The molecule has 0 unspecified atom stereocenters. The fraction of sp³-hybridized carbons (Fsp3) is 0.625. The first-order valence-corrected chi connectivity index (χ1v) is 11.3. The summed E-state index contributed by atoms with van der Waals surface area (Å²) in [6, 6.07) is 5.89. The maximum absolute atomic E-state index is 13.0. The van der Waals surface area contributed by atoms with Crippen LogP contribution in [-0.4, -0.2) is 49.7 Å². The Hall–Kier alpha value is -1.86. The molecule has 7 heteroatoms. The van der Waals surface area contributed by atoms with Crippen LogP contribution in [0.2, 0.25) is 0 Å². The van der Waals surface area contributed by atoms with Crippen LogP contribution in [0.25, 0.3) is 5.57 Å². The van der Waals surface area contributed by atoms with Crippen LogP contribution in [0.4, 0.5) is 13.2 Å².